The van der Waals surface area contributed by atoms with E-state index in [0.717, 1.165) is 13.0 Å². The van der Waals surface area contributed by atoms with Crippen LogP contribution in [0.25, 0.3) is 0 Å². The van der Waals surface area contributed by atoms with Crippen molar-refractivity contribution < 1.29 is 9.53 Å². The molecule has 0 aromatic carbocycles. The number of methoxy groups -OCH3 is 1. The zero-order valence-corrected chi connectivity index (χ0v) is 13.1. The Balaban J connectivity index is 2.54. The highest BCUT2D eigenvalue weighted by Gasteiger charge is 2.28. The number of esters is 1. The number of rotatable bonds is 6. The summed E-state index contributed by atoms with van der Waals surface area (Å²) in [7, 11) is 3.64. The van der Waals surface area contributed by atoms with E-state index in [0.29, 0.717) is 17.9 Å². The van der Waals surface area contributed by atoms with Crippen LogP contribution in [0.5, 0.6) is 0 Å². The lowest BCUT2D eigenvalue weighted by Gasteiger charge is -2.35. The van der Waals surface area contributed by atoms with Gasteiger partial charge in [-0.3, -0.25) is 4.79 Å². The molecule has 1 saturated heterocycles. The highest BCUT2D eigenvalue weighted by atomic mass is 16.5. The minimum absolute atomic E-state index is 0.135. The maximum Gasteiger partial charge on any atom is 0.322 e. The molecule has 1 aliphatic rings. The normalized spacial score (nSPS) is 24.2. The average Bonchev–Trinajstić information content (AvgIpc) is 2.36. The second-order valence-electron chi connectivity index (χ2n) is 6.33. The molecule has 112 valence electrons. The average molecular weight is 270 g/mol. The van der Waals surface area contributed by atoms with Crippen LogP contribution in [-0.4, -0.2) is 50.2 Å². The van der Waals surface area contributed by atoms with Crippen molar-refractivity contribution in [3.8, 4) is 0 Å². The van der Waals surface area contributed by atoms with Crippen LogP contribution >= 0.6 is 0 Å². The summed E-state index contributed by atoms with van der Waals surface area (Å²) in [5.41, 5.74) is 0. The molecule has 0 saturated carbocycles. The first kappa shape index (κ1) is 16.4. The number of carbonyl (C=O) groups excluding carboxylic acids is 1. The van der Waals surface area contributed by atoms with Gasteiger partial charge in [0, 0.05) is 12.6 Å². The predicted molar refractivity (Wildman–Crippen MR) is 78.1 cm³/mol. The smallest absolute Gasteiger partial charge is 0.322 e. The Morgan fingerprint density at radius 2 is 2.11 bits per heavy atom. The highest BCUT2D eigenvalue weighted by Crippen LogP contribution is 2.19. The van der Waals surface area contributed by atoms with E-state index in [-0.39, 0.29) is 12.0 Å². The molecule has 0 aromatic rings. The van der Waals surface area contributed by atoms with Crippen LogP contribution in [0.3, 0.4) is 0 Å². The summed E-state index contributed by atoms with van der Waals surface area (Å²) in [6.07, 6.45) is 3.33. The molecule has 0 amide bonds. The quantitative estimate of drug-likeness (QED) is 0.749. The molecule has 19 heavy (non-hydrogen) atoms. The van der Waals surface area contributed by atoms with E-state index in [1.165, 1.54) is 26.5 Å². The van der Waals surface area contributed by atoms with Crippen molar-refractivity contribution in [1.29, 1.82) is 0 Å². The molecule has 1 heterocycles. The van der Waals surface area contributed by atoms with Gasteiger partial charge in [0.15, 0.2) is 0 Å². The summed E-state index contributed by atoms with van der Waals surface area (Å²) in [4.78, 5) is 14.2. The Hall–Kier alpha value is -0.610. The fourth-order valence-electron chi connectivity index (χ4n) is 2.91. The van der Waals surface area contributed by atoms with Gasteiger partial charge in [-0.25, -0.2) is 0 Å². The first-order valence-electron chi connectivity index (χ1n) is 7.46. The molecule has 0 radical (unpaired) electrons. The zero-order chi connectivity index (χ0) is 14.4. The number of hydrogen-bond acceptors (Lipinski definition) is 4. The largest absolute Gasteiger partial charge is 0.468 e. The molecule has 1 aliphatic heterocycles. The van der Waals surface area contributed by atoms with Crippen LogP contribution < -0.4 is 5.32 Å². The molecular formula is C15H30N2O2. The number of ether oxygens (including phenoxy) is 1. The third kappa shape index (κ3) is 5.49. The SMILES string of the molecule is COC(=O)C(CC(C)C)NC(C)C1CCCN(C)C1. The molecule has 1 N–H and O–H groups in total. The van der Waals surface area contributed by atoms with E-state index in [2.05, 4.69) is 38.0 Å². The molecule has 4 heteroatoms. The van der Waals surface area contributed by atoms with Gasteiger partial charge in [0.05, 0.1) is 7.11 Å². The lowest BCUT2D eigenvalue weighted by Crippen LogP contribution is -2.49. The Labute approximate surface area is 117 Å². The number of carbonyl (C=O) groups is 1. The molecular weight excluding hydrogens is 240 g/mol. The lowest BCUT2D eigenvalue weighted by atomic mass is 9.90. The number of hydrogen-bond donors (Lipinski definition) is 1. The molecule has 0 bridgehead atoms. The third-order valence-electron chi connectivity index (χ3n) is 4.02. The van der Waals surface area contributed by atoms with Gasteiger partial charge in [-0.1, -0.05) is 13.8 Å². The number of piperidine rings is 1. The summed E-state index contributed by atoms with van der Waals surface area (Å²) >= 11 is 0. The zero-order valence-electron chi connectivity index (χ0n) is 13.1. The van der Waals surface area contributed by atoms with E-state index < -0.39 is 0 Å². The fraction of sp³-hybridized carbons (Fsp3) is 0.933. The Bertz CT molecular complexity index is 281. The van der Waals surface area contributed by atoms with Crippen molar-refractivity contribution in [2.24, 2.45) is 11.8 Å². The van der Waals surface area contributed by atoms with Gasteiger partial charge < -0.3 is 15.0 Å². The number of likely N-dealkylation sites (tertiary alicyclic amines) is 1. The van der Waals surface area contributed by atoms with E-state index in [1.807, 2.05) is 0 Å². The van der Waals surface area contributed by atoms with Crippen LogP contribution in [0, 0.1) is 11.8 Å². The summed E-state index contributed by atoms with van der Waals surface area (Å²) in [5.74, 6) is 0.973. The molecule has 3 unspecified atom stereocenters. The predicted octanol–water partition coefficient (Wildman–Crippen LogP) is 1.89. The van der Waals surface area contributed by atoms with Crippen LogP contribution in [0.15, 0.2) is 0 Å². The summed E-state index contributed by atoms with van der Waals surface area (Å²) in [5, 5.41) is 3.49. The van der Waals surface area contributed by atoms with E-state index in [1.54, 1.807) is 0 Å². The molecule has 0 aromatic heterocycles. The Morgan fingerprint density at radius 1 is 1.42 bits per heavy atom. The van der Waals surface area contributed by atoms with Crippen molar-refractivity contribution in [3.63, 3.8) is 0 Å². The maximum atomic E-state index is 11.8. The van der Waals surface area contributed by atoms with Crippen molar-refractivity contribution >= 4 is 5.97 Å². The van der Waals surface area contributed by atoms with Crippen LogP contribution in [0.4, 0.5) is 0 Å². The van der Waals surface area contributed by atoms with Gasteiger partial charge in [0.2, 0.25) is 0 Å². The standard InChI is InChI=1S/C15H30N2O2/c1-11(2)9-14(15(18)19-5)16-12(3)13-7-6-8-17(4)10-13/h11-14,16H,6-10H2,1-5H3. The second-order valence-corrected chi connectivity index (χ2v) is 6.33. The van der Waals surface area contributed by atoms with Gasteiger partial charge in [0.25, 0.3) is 0 Å². The minimum Gasteiger partial charge on any atom is -0.468 e. The molecule has 1 fully saturated rings. The van der Waals surface area contributed by atoms with Crippen molar-refractivity contribution in [1.82, 2.24) is 10.2 Å². The van der Waals surface area contributed by atoms with Gasteiger partial charge in [-0.05, 0) is 51.6 Å². The monoisotopic (exact) mass is 270 g/mol. The Morgan fingerprint density at radius 3 is 2.63 bits per heavy atom. The molecule has 3 atom stereocenters. The molecule has 0 spiro atoms. The van der Waals surface area contributed by atoms with Crippen molar-refractivity contribution in [2.45, 2.75) is 52.1 Å². The highest BCUT2D eigenvalue weighted by molar-refractivity contribution is 5.75. The topological polar surface area (TPSA) is 41.6 Å². The van der Waals surface area contributed by atoms with Crippen molar-refractivity contribution in [2.75, 3.05) is 27.2 Å². The van der Waals surface area contributed by atoms with Crippen LogP contribution in [0.1, 0.15) is 40.0 Å². The minimum atomic E-state index is -0.174. The molecule has 0 aliphatic carbocycles. The lowest BCUT2D eigenvalue weighted by molar-refractivity contribution is -0.144. The van der Waals surface area contributed by atoms with Gasteiger partial charge in [-0.2, -0.15) is 0 Å². The summed E-state index contributed by atoms with van der Waals surface area (Å²) in [6, 6.07) is 0.179. The van der Waals surface area contributed by atoms with E-state index in [4.69, 9.17) is 4.74 Å². The molecule has 4 nitrogen and oxygen atoms in total. The molecule has 1 rings (SSSR count). The fourth-order valence-corrected chi connectivity index (χ4v) is 2.91. The van der Waals surface area contributed by atoms with Crippen LogP contribution in [-0.2, 0) is 9.53 Å². The van der Waals surface area contributed by atoms with Gasteiger partial charge >= 0.3 is 5.97 Å². The van der Waals surface area contributed by atoms with Gasteiger partial charge in [-0.15, -0.1) is 0 Å². The van der Waals surface area contributed by atoms with E-state index in [9.17, 15) is 4.79 Å². The third-order valence-corrected chi connectivity index (χ3v) is 4.02. The number of nitrogens with zero attached hydrogens (tertiary/aromatic N) is 1. The number of nitrogens with one attached hydrogen (secondary N) is 1. The summed E-state index contributed by atoms with van der Waals surface area (Å²) in [6.45, 7) is 8.77. The maximum absolute atomic E-state index is 11.8. The summed E-state index contributed by atoms with van der Waals surface area (Å²) < 4.78 is 4.91. The van der Waals surface area contributed by atoms with Gasteiger partial charge in [0.1, 0.15) is 6.04 Å². The first-order chi connectivity index (χ1) is 8.93. The Kier molecular flexibility index (Phi) is 6.80. The van der Waals surface area contributed by atoms with Crippen LogP contribution in [0.2, 0.25) is 0 Å². The van der Waals surface area contributed by atoms with Crippen molar-refractivity contribution in [3.05, 3.63) is 0 Å². The first-order valence-corrected chi connectivity index (χ1v) is 7.46. The second kappa shape index (κ2) is 7.85. The van der Waals surface area contributed by atoms with E-state index >= 15 is 0 Å².